The number of sulfonamides is 1. The topological polar surface area (TPSA) is 84.9 Å². The fourth-order valence-corrected chi connectivity index (χ4v) is 5.13. The molecular weight excluding hydrogens is 404 g/mol. The maximum absolute atomic E-state index is 13.1. The molecule has 2 atom stereocenters. The van der Waals surface area contributed by atoms with Gasteiger partial charge in [0, 0.05) is 6.07 Å². The summed E-state index contributed by atoms with van der Waals surface area (Å²) in [4.78, 5) is 13.1. The van der Waals surface area contributed by atoms with Crippen molar-refractivity contribution in [3.8, 4) is 11.5 Å². The predicted molar refractivity (Wildman–Crippen MR) is 117 cm³/mol. The Morgan fingerprint density at radius 1 is 1.13 bits per heavy atom. The molecule has 1 amide bonds. The van der Waals surface area contributed by atoms with Crippen LogP contribution in [-0.2, 0) is 21.2 Å². The van der Waals surface area contributed by atoms with Crippen LogP contribution in [0.2, 0.25) is 0 Å². The van der Waals surface area contributed by atoms with Gasteiger partial charge in [0.05, 0.1) is 32.2 Å². The molecule has 0 fully saturated rings. The Morgan fingerprint density at radius 3 is 2.50 bits per heavy atom. The van der Waals surface area contributed by atoms with Crippen LogP contribution in [0.25, 0.3) is 0 Å². The van der Waals surface area contributed by atoms with E-state index in [2.05, 4.69) is 11.4 Å². The van der Waals surface area contributed by atoms with Crippen molar-refractivity contribution in [1.82, 2.24) is 5.32 Å². The highest BCUT2D eigenvalue weighted by atomic mass is 32.2. The van der Waals surface area contributed by atoms with Crippen LogP contribution in [0.15, 0.2) is 42.5 Å². The van der Waals surface area contributed by atoms with Crippen molar-refractivity contribution in [1.29, 1.82) is 0 Å². The molecule has 162 valence electrons. The predicted octanol–water partition coefficient (Wildman–Crippen LogP) is 3.05. The van der Waals surface area contributed by atoms with Gasteiger partial charge in [-0.25, -0.2) is 8.42 Å². The Hall–Kier alpha value is -2.74. The van der Waals surface area contributed by atoms with Crippen molar-refractivity contribution < 1.29 is 22.7 Å². The average molecular weight is 433 g/mol. The minimum atomic E-state index is -3.73. The molecule has 3 rings (SSSR count). The van der Waals surface area contributed by atoms with Gasteiger partial charge in [-0.3, -0.25) is 9.10 Å². The fourth-order valence-electron chi connectivity index (χ4n) is 3.97. The van der Waals surface area contributed by atoms with E-state index in [4.69, 9.17) is 9.47 Å². The van der Waals surface area contributed by atoms with Gasteiger partial charge in [-0.05, 0) is 49.4 Å². The van der Waals surface area contributed by atoms with Crippen molar-refractivity contribution in [3.05, 3.63) is 53.6 Å². The molecule has 2 aromatic rings. The molecule has 0 saturated heterocycles. The maximum atomic E-state index is 13.1. The first-order valence-corrected chi connectivity index (χ1v) is 11.7. The van der Waals surface area contributed by atoms with E-state index in [0.29, 0.717) is 17.2 Å². The van der Waals surface area contributed by atoms with Gasteiger partial charge in [0.1, 0.15) is 6.04 Å². The summed E-state index contributed by atoms with van der Waals surface area (Å²) in [5.74, 6) is 0.514. The molecule has 1 aliphatic rings. The Labute approximate surface area is 178 Å². The van der Waals surface area contributed by atoms with Crippen molar-refractivity contribution in [2.45, 2.75) is 38.3 Å². The lowest BCUT2D eigenvalue weighted by Gasteiger charge is -2.32. The van der Waals surface area contributed by atoms with Gasteiger partial charge in [-0.2, -0.15) is 0 Å². The maximum Gasteiger partial charge on any atom is 0.244 e. The van der Waals surface area contributed by atoms with Crippen molar-refractivity contribution in [2.75, 3.05) is 24.8 Å². The Balaban J connectivity index is 1.88. The molecule has 0 aliphatic heterocycles. The average Bonchev–Trinajstić information content (AvgIpc) is 2.72. The molecule has 7 nitrogen and oxygen atoms in total. The quantitative estimate of drug-likeness (QED) is 0.727. The van der Waals surface area contributed by atoms with Gasteiger partial charge < -0.3 is 14.8 Å². The number of carbonyl (C=O) groups excluding carboxylic acids is 1. The van der Waals surface area contributed by atoms with Crippen LogP contribution in [0.1, 0.15) is 36.9 Å². The molecule has 0 bridgehead atoms. The third-order valence-electron chi connectivity index (χ3n) is 5.40. The Bertz CT molecular complexity index is 1020. The summed E-state index contributed by atoms with van der Waals surface area (Å²) in [7, 11) is -0.753. The second-order valence-electron chi connectivity index (χ2n) is 7.43. The number of hydrogen-bond donors (Lipinski definition) is 1. The standard InChI is InChI=1S/C22H28N2O5S/c1-15(22(25)23-19-11-7-9-16-8-5-6-10-18(16)19)24(30(4,26)27)17-12-13-20(28-2)21(14-17)29-3/h5-6,8,10,12-15,19H,7,9,11H2,1-4H3,(H,23,25)/t15-,19-/m1/s1. The third kappa shape index (κ3) is 4.53. The number of fused-ring (bicyclic) bond motifs is 1. The summed E-state index contributed by atoms with van der Waals surface area (Å²) in [6.45, 7) is 1.59. The SMILES string of the molecule is COc1ccc(N([C@H](C)C(=O)N[C@@H]2CCCc3ccccc32)S(C)(=O)=O)cc1OC. The van der Waals surface area contributed by atoms with Crippen LogP contribution < -0.4 is 19.1 Å². The van der Waals surface area contributed by atoms with Crippen LogP contribution >= 0.6 is 0 Å². The lowest BCUT2D eigenvalue weighted by molar-refractivity contribution is -0.122. The lowest BCUT2D eigenvalue weighted by Crippen LogP contribution is -2.49. The number of amides is 1. The number of nitrogens with zero attached hydrogens (tertiary/aromatic N) is 1. The molecule has 30 heavy (non-hydrogen) atoms. The number of methoxy groups -OCH3 is 2. The van der Waals surface area contributed by atoms with Gasteiger partial charge in [-0.1, -0.05) is 24.3 Å². The number of anilines is 1. The van der Waals surface area contributed by atoms with E-state index in [1.165, 1.54) is 19.8 Å². The highest BCUT2D eigenvalue weighted by Gasteiger charge is 2.32. The van der Waals surface area contributed by atoms with Crippen molar-refractivity contribution >= 4 is 21.6 Å². The molecule has 1 N–H and O–H groups in total. The first-order chi connectivity index (χ1) is 14.3. The van der Waals surface area contributed by atoms with E-state index >= 15 is 0 Å². The second kappa shape index (κ2) is 8.95. The highest BCUT2D eigenvalue weighted by molar-refractivity contribution is 7.92. The number of rotatable bonds is 7. The van der Waals surface area contributed by atoms with Crippen molar-refractivity contribution in [3.63, 3.8) is 0 Å². The number of nitrogens with one attached hydrogen (secondary N) is 1. The minimum absolute atomic E-state index is 0.128. The monoisotopic (exact) mass is 432 g/mol. The van der Waals surface area contributed by atoms with Crippen LogP contribution in [-0.4, -0.2) is 40.8 Å². The van der Waals surface area contributed by atoms with Crippen LogP contribution in [0.5, 0.6) is 11.5 Å². The summed E-state index contributed by atoms with van der Waals surface area (Å²) >= 11 is 0. The van der Waals surface area contributed by atoms with Gasteiger partial charge in [0.2, 0.25) is 15.9 Å². The molecule has 0 spiro atoms. The van der Waals surface area contributed by atoms with Gasteiger partial charge in [0.25, 0.3) is 0 Å². The third-order valence-corrected chi connectivity index (χ3v) is 6.64. The number of hydrogen-bond acceptors (Lipinski definition) is 5. The highest BCUT2D eigenvalue weighted by Crippen LogP contribution is 2.34. The normalized spacial score (nSPS) is 16.9. The van der Waals surface area contributed by atoms with Gasteiger partial charge in [-0.15, -0.1) is 0 Å². The van der Waals surface area contributed by atoms with Gasteiger partial charge in [0.15, 0.2) is 11.5 Å². The van der Waals surface area contributed by atoms with E-state index in [1.54, 1.807) is 25.1 Å². The Morgan fingerprint density at radius 2 is 1.83 bits per heavy atom. The van der Waals surface area contributed by atoms with E-state index < -0.39 is 16.1 Å². The summed E-state index contributed by atoms with van der Waals surface area (Å²) in [6, 6.07) is 11.8. The molecule has 2 aromatic carbocycles. The first kappa shape index (κ1) is 22.0. The minimum Gasteiger partial charge on any atom is -0.493 e. The van der Waals surface area contributed by atoms with Crippen LogP contribution in [0.3, 0.4) is 0 Å². The number of ether oxygens (including phenoxy) is 2. The van der Waals surface area contributed by atoms with E-state index in [0.717, 1.165) is 35.4 Å². The van der Waals surface area contributed by atoms with Crippen LogP contribution in [0, 0.1) is 0 Å². The number of carbonyl (C=O) groups is 1. The zero-order valence-electron chi connectivity index (χ0n) is 17.7. The van der Waals surface area contributed by atoms with Gasteiger partial charge >= 0.3 is 0 Å². The largest absolute Gasteiger partial charge is 0.493 e. The summed E-state index contributed by atoms with van der Waals surface area (Å²) in [5, 5.41) is 3.05. The molecule has 0 heterocycles. The molecule has 8 heteroatoms. The molecule has 1 aliphatic carbocycles. The molecular formula is C22H28N2O5S. The van der Waals surface area contributed by atoms with Crippen molar-refractivity contribution in [2.24, 2.45) is 0 Å². The molecule has 0 aromatic heterocycles. The van der Waals surface area contributed by atoms with E-state index in [1.807, 2.05) is 18.2 Å². The van der Waals surface area contributed by atoms with E-state index in [-0.39, 0.29) is 11.9 Å². The second-order valence-corrected chi connectivity index (χ2v) is 9.29. The molecule has 0 unspecified atom stereocenters. The fraction of sp³-hybridized carbons (Fsp3) is 0.409. The van der Waals surface area contributed by atoms with E-state index in [9.17, 15) is 13.2 Å². The van der Waals surface area contributed by atoms with Crippen LogP contribution in [0.4, 0.5) is 5.69 Å². The smallest absolute Gasteiger partial charge is 0.244 e. The summed E-state index contributed by atoms with van der Waals surface area (Å²) in [6.07, 6.45) is 3.87. The molecule has 0 saturated carbocycles. The zero-order chi connectivity index (χ0) is 21.9. The lowest BCUT2D eigenvalue weighted by atomic mass is 9.87. The zero-order valence-corrected chi connectivity index (χ0v) is 18.5. The molecule has 0 radical (unpaired) electrons. The number of aryl methyl sites for hydroxylation is 1. The summed E-state index contributed by atoms with van der Waals surface area (Å²) in [5.41, 5.74) is 2.66. The Kier molecular flexibility index (Phi) is 6.55. The summed E-state index contributed by atoms with van der Waals surface area (Å²) < 4.78 is 36.8. The number of benzene rings is 2. The first-order valence-electron chi connectivity index (χ1n) is 9.86.